The third-order valence-corrected chi connectivity index (χ3v) is 7.45. The molecule has 1 aliphatic rings. The first-order chi connectivity index (χ1) is 18.3. The molecule has 5 rings (SSSR count). The zero-order valence-electron chi connectivity index (χ0n) is 20.4. The number of piperidine rings is 1. The van der Waals surface area contributed by atoms with Gasteiger partial charge in [-0.05, 0) is 49.4 Å². The van der Waals surface area contributed by atoms with Gasteiger partial charge in [0.05, 0.1) is 5.02 Å². The Kier molecular flexibility index (Phi) is 6.95. The van der Waals surface area contributed by atoms with Crippen LogP contribution in [-0.4, -0.2) is 61.2 Å². The third kappa shape index (κ3) is 4.44. The Labute approximate surface area is 228 Å². The van der Waals surface area contributed by atoms with E-state index in [2.05, 4.69) is 15.3 Å². The number of carbonyl (C=O) groups excluding carboxylic acids is 1. The SMILES string of the molecule is CCNC1(C(N)=O)CCN(c2ncnc3c2nc(-c2ccccc2Cl)n3-c2ccc(Cl)cc2)C(C(=O)O)C1. The van der Waals surface area contributed by atoms with Gasteiger partial charge in [0, 0.05) is 29.2 Å². The number of anilines is 1. The standard InChI is InChI=1S/C26H25Cl2N7O3/c1-2-32-26(25(29)38)11-12-34(19(13-26)24(36)37)22-20-23(31-14-30-22)35(16-9-7-15(27)8-10-16)21(33-20)17-5-3-4-6-18(17)28/h3-10,14,19,32H,2,11-13H2,1H3,(H2,29,38)(H,36,37). The first-order valence-corrected chi connectivity index (χ1v) is 12.8. The highest BCUT2D eigenvalue weighted by molar-refractivity contribution is 6.33. The number of aromatic nitrogens is 4. The highest BCUT2D eigenvalue weighted by atomic mass is 35.5. The molecule has 1 fully saturated rings. The van der Waals surface area contributed by atoms with Crippen molar-refractivity contribution in [2.24, 2.45) is 5.73 Å². The van der Waals surface area contributed by atoms with Crippen LogP contribution in [0.5, 0.6) is 0 Å². The van der Waals surface area contributed by atoms with Crippen molar-refractivity contribution in [1.29, 1.82) is 0 Å². The third-order valence-electron chi connectivity index (χ3n) is 6.87. The average Bonchev–Trinajstić information content (AvgIpc) is 3.29. The summed E-state index contributed by atoms with van der Waals surface area (Å²) in [5, 5.41) is 14.4. The van der Waals surface area contributed by atoms with Gasteiger partial charge in [0.25, 0.3) is 0 Å². The lowest BCUT2D eigenvalue weighted by molar-refractivity contribution is -0.140. The van der Waals surface area contributed by atoms with E-state index < -0.39 is 23.5 Å². The number of imidazole rings is 1. The number of hydrogen-bond donors (Lipinski definition) is 3. The van der Waals surface area contributed by atoms with Gasteiger partial charge in [0.1, 0.15) is 23.7 Å². The molecular formula is C26H25Cl2N7O3. The summed E-state index contributed by atoms with van der Waals surface area (Å²) >= 11 is 12.7. The highest BCUT2D eigenvalue weighted by Crippen LogP contribution is 2.37. The second kappa shape index (κ2) is 10.2. The number of hydrogen-bond acceptors (Lipinski definition) is 7. The van der Waals surface area contributed by atoms with E-state index in [9.17, 15) is 14.7 Å². The number of primary amides is 1. The minimum absolute atomic E-state index is 0.0216. The highest BCUT2D eigenvalue weighted by Gasteiger charge is 2.47. The maximum absolute atomic E-state index is 12.5. The molecule has 1 amide bonds. The lowest BCUT2D eigenvalue weighted by Gasteiger charge is -2.44. The predicted molar refractivity (Wildman–Crippen MR) is 146 cm³/mol. The van der Waals surface area contributed by atoms with E-state index in [4.69, 9.17) is 33.9 Å². The van der Waals surface area contributed by atoms with Gasteiger partial charge in [-0.2, -0.15) is 0 Å². The molecule has 2 unspecified atom stereocenters. The van der Waals surface area contributed by atoms with Crippen molar-refractivity contribution in [2.75, 3.05) is 18.0 Å². The van der Waals surface area contributed by atoms with Gasteiger partial charge in [0.2, 0.25) is 5.91 Å². The molecule has 1 aliphatic heterocycles. The molecule has 0 saturated carbocycles. The van der Waals surface area contributed by atoms with Crippen LogP contribution in [0.25, 0.3) is 28.2 Å². The number of nitrogens with two attached hydrogens (primary N) is 1. The van der Waals surface area contributed by atoms with Crippen molar-refractivity contribution < 1.29 is 14.7 Å². The van der Waals surface area contributed by atoms with Crippen LogP contribution in [0.1, 0.15) is 19.8 Å². The first kappa shape index (κ1) is 25.9. The molecular weight excluding hydrogens is 529 g/mol. The number of fused-ring (bicyclic) bond motifs is 1. The van der Waals surface area contributed by atoms with Crippen LogP contribution in [0.2, 0.25) is 10.0 Å². The summed E-state index contributed by atoms with van der Waals surface area (Å²) in [6, 6.07) is 13.4. The van der Waals surface area contributed by atoms with E-state index in [1.807, 2.05) is 41.8 Å². The van der Waals surface area contributed by atoms with Crippen LogP contribution in [0.4, 0.5) is 5.82 Å². The Balaban J connectivity index is 1.70. The lowest BCUT2D eigenvalue weighted by Crippen LogP contribution is -2.65. The Morgan fingerprint density at radius 1 is 1.16 bits per heavy atom. The van der Waals surface area contributed by atoms with E-state index in [1.54, 1.807) is 23.1 Å². The van der Waals surface area contributed by atoms with Crippen LogP contribution in [0.3, 0.4) is 0 Å². The Bertz CT molecular complexity index is 1530. The number of likely N-dealkylation sites (N-methyl/N-ethyl adjacent to an activating group) is 1. The van der Waals surface area contributed by atoms with E-state index >= 15 is 0 Å². The van der Waals surface area contributed by atoms with E-state index in [0.717, 1.165) is 5.69 Å². The molecule has 196 valence electrons. The molecule has 2 aromatic heterocycles. The Hall–Kier alpha value is -3.73. The molecule has 0 spiro atoms. The number of halogens is 2. The zero-order chi connectivity index (χ0) is 27.0. The van der Waals surface area contributed by atoms with Gasteiger partial charge in [-0.1, -0.05) is 42.3 Å². The van der Waals surface area contributed by atoms with E-state index in [-0.39, 0.29) is 13.0 Å². The monoisotopic (exact) mass is 553 g/mol. The number of carbonyl (C=O) groups is 2. The summed E-state index contributed by atoms with van der Waals surface area (Å²) in [4.78, 5) is 40.4. The summed E-state index contributed by atoms with van der Waals surface area (Å²) in [7, 11) is 0. The number of benzene rings is 2. The molecule has 0 bridgehead atoms. The Morgan fingerprint density at radius 3 is 2.55 bits per heavy atom. The fraction of sp³-hybridized carbons (Fsp3) is 0.269. The second-order valence-electron chi connectivity index (χ2n) is 9.07. The smallest absolute Gasteiger partial charge is 0.326 e. The molecule has 2 atom stereocenters. The number of carboxylic acids is 1. The number of rotatable bonds is 7. The van der Waals surface area contributed by atoms with E-state index in [1.165, 1.54) is 6.33 Å². The summed E-state index contributed by atoms with van der Waals surface area (Å²) in [6.07, 6.45) is 1.66. The summed E-state index contributed by atoms with van der Waals surface area (Å²) in [5.74, 6) is -0.815. The average molecular weight is 554 g/mol. The second-order valence-corrected chi connectivity index (χ2v) is 9.92. The van der Waals surface area contributed by atoms with Crippen molar-refractivity contribution >= 4 is 52.1 Å². The lowest BCUT2D eigenvalue weighted by atomic mass is 9.82. The van der Waals surface area contributed by atoms with Crippen molar-refractivity contribution in [3.63, 3.8) is 0 Å². The molecule has 0 aliphatic carbocycles. The zero-order valence-corrected chi connectivity index (χ0v) is 21.9. The molecule has 38 heavy (non-hydrogen) atoms. The topological polar surface area (TPSA) is 139 Å². The fourth-order valence-electron chi connectivity index (χ4n) is 5.04. The van der Waals surface area contributed by atoms with Crippen molar-refractivity contribution in [3.05, 3.63) is 64.9 Å². The largest absolute Gasteiger partial charge is 0.480 e. The summed E-state index contributed by atoms with van der Waals surface area (Å²) in [5.41, 5.74) is 6.87. The molecule has 4 aromatic rings. The van der Waals surface area contributed by atoms with Gasteiger partial charge in [0.15, 0.2) is 17.0 Å². The van der Waals surface area contributed by atoms with Crippen LogP contribution in [0, 0.1) is 0 Å². The van der Waals surface area contributed by atoms with E-state index in [0.29, 0.717) is 51.4 Å². The number of aliphatic carboxylic acids is 1. The number of nitrogens with zero attached hydrogens (tertiary/aromatic N) is 5. The van der Waals surface area contributed by atoms with Crippen LogP contribution in [-0.2, 0) is 9.59 Å². The maximum Gasteiger partial charge on any atom is 0.326 e. The summed E-state index contributed by atoms with van der Waals surface area (Å²) < 4.78 is 1.84. The van der Waals surface area contributed by atoms with Crippen LogP contribution < -0.4 is 16.0 Å². The number of amides is 1. The number of carboxylic acid groups (broad SMARTS) is 1. The normalized spacial score (nSPS) is 19.6. The molecule has 1 saturated heterocycles. The molecule has 4 N–H and O–H groups in total. The quantitative estimate of drug-likeness (QED) is 0.315. The van der Waals surface area contributed by atoms with Crippen molar-refractivity contribution in [1.82, 2.24) is 24.8 Å². The molecule has 3 heterocycles. The van der Waals surface area contributed by atoms with Gasteiger partial charge in [-0.3, -0.25) is 9.36 Å². The van der Waals surface area contributed by atoms with Crippen molar-refractivity contribution in [3.8, 4) is 17.1 Å². The van der Waals surface area contributed by atoms with Crippen molar-refractivity contribution in [2.45, 2.75) is 31.3 Å². The van der Waals surface area contributed by atoms with Gasteiger partial charge < -0.3 is 21.1 Å². The molecule has 0 radical (unpaired) electrons. The fourth-order valence-corrected chi connectivity index (χ4v) is 5.39. The van der Waals surface area contributed by atoms with Gasteiger partial charge >= 0.3 is 5.97 Å². The Morgan fingerprint density at radius 2 is 1.89 bits per heavy atom. The molecule has 2 aromatic carbocycles. The maximum atomic E-state index is 12.5. The first-order valence-electron chi connectivity index (χ1n) is 12.0. The summed E-state index contributed by atoms with van der Waals surface area (Å²) in [6.45, 7) is 2.54. The van der Waals surface area contributed by atoms with Crippen LogP contribution in [0.15, 0.2) is 54.9 Å². The minimum Gasteiger partial charge on any atom is -0.480 e. The van der Waals surface area contributed by atoms with Crippen LogP contribution >= 0.6 is 23.2 Å². The molecule has 12 heteroatoms. The number of nitrogens with one attached hydrogen (secondary N) is 1. The van der Waals surface area contributed by atoms with Gasteiger partial charge in [-0.25, -0.2) is 19.7 Å². The predicted octanol–water partition coefficient (Wildman–Crippen LogP) is 3.68. The van der Waals surface area contributed by atoms with Gasteiger partial charge in [-0.15, -0.1) is 0 Å². The molecule has 10 nitrogen and oxygen atoms in total. The minimum atomic E-state index is -1.13.